The molecule has 4 N–H and O–H groups in total. The molecule has 0 fully saturated rings. The van der Waals surface area contributed by atoms with Crippen molar-refractivity contribution in [1.82, 2.24) is 4.72 Å². The lowest BCUT2D eigenvalue weighted by molar-refractivity contribution is 0.281. The van der Waals surface area contributed by atoms with E-state index in [9.17, 15) is 0 Å². The molecule has 0 aliphatic rings. The van der Waals surface area contributed by atoms with Gasteiger partial charge in [0, 0.05) is 16.1 Å². The summed E-state index contributed by atoms with van der Waals surface area (Å²) in [5, 5.41) is 9.01. The molecule has 0 aromatic heterocycles. The molecule has 0 aliphatic carbocycles. The Morgan fingerprint density at radius 2 is 2.07 bits per heavy atom. The Balaban J connectivity index is 2.75. The summed E-state index contributed by atoms with van der Waals surface area (Å²) in [4.78, 5) is 0.955. The molecular weight excluding hydrogens is 208 g/mol. The molecule has 0 aliphatic heterocycles. The van der Waals surface area contributed by atoms with E-state index < -0.39 is 0 Å². The first-order valence-electron chi connectivity index (χ1n) is 4.85. The van der Waals surface area contributed by atoms with Crippen LogP contribution in [0.15, 0.2) is 23.1 Å². The molecular formula is C11H18N2OS. The van der Waals surface area contributed by atoms with Gasteiger partial charge in [0.1, 0.15) is 0 Å². The fourth-order valence-electron chi connectivity index (χ4n) is 0.974. The second-order valence-electron chi connectivity index (χ2n) is 4.48. The standard InChI is InChI=1S/C11H18N2OS/c1-11(2,3)13-15-10-6-8(7-14)4-5-9(10)12/h4-6,13-14H,7,12H2,1-3H3. The zero-order chi connectivity index (χ0) is 11.5. The van der Waals surface area contributed by atoms with E-state index in [0.29, 0.717) is 0 Å². The summed E-state index contributed by atoms with van der Waals surface area (Å²) in [6.07, 6.45) is 0. The van der Waals surface area contributed by atoms with Crippen molar-refractivity contribution in [3.8, 4) is 0 Å². The highest BCUT2D eigenvalue weighted by Crippen LogP contribution is 2.25. The first-order valence-corrected chi connectivity index (χ1v) is 5.67. The van der Waals surface area contributed by atoms with E-state index in [1.807, 2.05) is 18.2 Å². The number of nitrogens with one attached hydrogen (secondary N) is 1. The molecule has 84 valence electrons. The topological polar surface area (TPSA) is 58.3 Å². The van der Waals surface area contributed by atoms with Gasteiger partial charge in [-0.2, -0.15) is 0 Å². The quantitative estimate of drug-likeness (QED) is 0.546. The van der Waals surface area contributed by atoms with Crippen LogP contribution < -0.4 is 10.5 Å². The summed E-state index contributed by atoms with van der Waals surface area (Å²) in [5.41, 5.74) is 7.47. The first-order chi connectivity index (χ1) is 6.92. The van der Waals surface area contributed by atoms with E-state index in [2.05, 4.69) is 25.5 Å². The Hall–Kier alpha value is -0.710. The third-order valence-electron chi connectivity index (χ3n) is 1.73. The SMILES string of the molecule is CC(C)(C)NSc1cc(CO)ccc1N. The van der Waals surface area contributed by atoms with Crippen LogP contribution in [0, 0.1) is 0 Å². The predicted molar refractivity (Wildman–Crippen MR) is 65.5 cm³/mol. The lowest BCUT2D eigenvalue weighted by atomic mass is 10.1. The second-order valence-corrected chi connectivity index (χ2v) is 5.33. The van der Waals surface area contributed by atoms with Gasteiger partial charge in [-0.3, -0.25) is 4.72 Å². The minimum absolute atomic E-state index is 0.0341. The molecule has 4 heteroatoms. The van der Waals surface area contributed by atoms with E-state index >= 15 is 0 Å². The van der Waals surface area contributed by atoms with Crippen LogP contribution in [0.25, 0.3) is 0 Å². The van der Waals surface area contributed by atoms with Crippen molar-refractivity contribution in [2.24, 2.45) is 0 Å². The van der Waals surface area contributed by atoms with Gasteiger partial charge in [-0.1, -0.05) is 6.07 Å². The van der Waals surface area contributed by atoms with Crippen LogP contribution in [-0.2, 0) is 6.61 Å². The fourth-order valence-corrected chi connectivity index (χ4v) is 1.79. The molecule has 0 spiro atoms. The van der Waals surface area contributed by atoms with E-state index in [1.165, 1.54) is 11.9 Å². The zero-order valence-corrected chi connectivity index (χ0v) is 10.2. The average Bonchev–Trinajstić information content (AvgIpc) is 2.15. The Kier molecular flexibility index (Phi) is 4.02. The first kappa shape index (κ1) is 12.4. The number of rotatable bonds is 3. The van der Waals surface area contributed by atoms with Crippen LogP contribution in [0.4, 0.5) is 5.69 Å². The smallest absolute Gasteiger partial charge is 0.0682 e. The molecule has 0 radical (unpaired) electrons. The van der Waals surface area contributed by atoms with Gasteiger partial charge in [-0.05, 0) is 50.4 Å². The number of aliphatic hydroxyl groups is 1. The van der Waals surface area contributed by atoms with Crippen LogP contribution in [0.1, 0.15) is 26.3 Å². The molecule has 0 amide bonds. The molecule has 0 unspecified atom stereocenters. The molecule has 1 aromatic rings. The summed E-state index contributed by atoms with van der Waals surface area (Å²) in [7, 11) is 0. The minimum atomic E-state index is 0.0341. The van der Waals surface area contributed by atoms with Crippen LogP contribution in [0.2, 0.25) is 0 Å². The second kappa shape index (κ2) is 4.88. The van der Waals surface area contributed by atoms with Crippen LogP contribution in [0.3, 0.4) is 0 Å². The summed E-state index contributed by atoms with van der Waals surface area (Å²) < 4.78 is 3.29. The third kappa shape index (κ3) is 4.11. The molecule has 0 saturated carbocycles. The maximum atomic E-state index is 9.01. The molecule has 15 heavy (non-hydrogen) atoms. The van der Waals surface area contributed by atoms with E-state index in [1.54, 1.807) is 0 Å². The summed E-state index contributed by atoms with van der Waals surface area (Å²) in [5.74, 6) is 0. The molecule has 0 atom stereocenters. The lowest BCUT2D eigenvalue weighted by Gasteiger charge is -2.20. The van der Waals surface area contributed by atoms with Gasteiger partial charge >= 0.3 is 0 Å². The largest absolute Gasteiger partial charge is 0.398 e. The monoisotopic (exact) mass is 226 g/mol. The maximum absolute atomic E-state index is 9.01. The summed E-state index contributed by atoms with van der Waals surface area (Å²) >= 11 is 1.50. The van der Waals surface area contributed by atoms with Gasteiger partial charge in [0.05, 0.1) is 6.61 Å². The van der Waals surface area contributed by atoms with Gasteiger partial charge < -0.3 is 10.8 Å². The van der Waals surface area contributed by atoms with Crippen molar-refractivity contribution in [1.29, 1.82) is 0 Å². The molecule has 0 saturated heterocycles. The molecule has 0 bridgehead atoms. The van der Waals surface area contributed by atoms with Gasteiger partial charge in [-0.25, -0.2) is 0 Å². The van der Waals surface area contributed by atoms with Gasteiger partial charge in [0.15, 0.2) is 0 Å². The van der Waals surface area contributed by atoms with Crippen molar-refractivity contribution < 1.29 is 5.11 Å². The van der Waals surface area contributed by atoms with E-state index in [0.717, 1.165) is 16.1 Å². The van der Waals surface area contributed by atoms with Crippen LogP contribution in [-0.4, -0.2) is 10.6 Å². The number of hydrogen-bond acceptors (Lipinski definition) is 4. The van der Waals surface area contributed by atoms with Crippen LogP contribution >= 0.6 is 11.9 Å². The zero-order valence-electron chi connectivity index (χ0n) is 9.37. The highest BCUT2D eigenvalue weighted by molar-refractivity contribution is 7.97. The predicted octanol–water partition coefficient (Wildman–Crippen LogP) is 2.16. The number of nitrogens with two attached hydrogens (primary N) is 1. The number of benzene rings is 1. The Morgan fingerprint density at radius 3 is 2.60 bits per heavy atom. The fraction of sp³-hybridized carbons (Fsp3) is 0.455. The lowest BCUT2D eigenvalue weighted by Crippen LogP contribution is -2.29. The Bertz CT molecular complexity index is 334. The van der Waals surface area contributed by atoms with Gasteiger partial charge in [0.2, 0.25) is 0 Å². The summed E-state index contributed by atoms with van der Waals surface area (Å²) in [6, 6.07) is 5.55. The number of aliphatic hydroxyl groups excluding tert-OH is 1. The third-order valence-corrected chi connectivity index (χ3v) is 3.02. The highest BCUT2D eigenvalue weighted by atomic mass is 32.2. The summed E-state index contributed by atoms with van der Waals surface area (Å²) in [6.45, 7) is 6.31. The van der Waals surface area contributed by atoms with E-state index in [-0.39, 0.29) is 12.1 Å². The number of hydrogen-bond donors (Lipinski definition) is 3. The number of anilines is 1. The Labute approximate surface area is 95.2 Å². The van der Waals surface area contributed by atoms with Crippen molar-refractivity contribution in [3.05, 3.63) is 23.8 Å². The van der Waals surface area contributed by atoms with Crippen molar-refractivity contribution in [2.75, 3.05) is 5.73 Å². The number of nitrogen functional groups attached to an aromatic ring is 1. The molecule has 1 aromatic carbocycles. The van der Waals surface area contributed by atoms with Gasteiger partial charge in [-0.15, -0.1) is 0 Å². The highest BCUT2D eigenvalue weighted by Gasteiger charge is 2.10. The Morgan fingerprint density at radius 1 is 1.40 bits per heavy atom. The van der Waals surface area contributed by atoms with Crippen LogP contribution in [0.5, 0.6) is 0 Å². The molecule has 0 heterocycles. The normalized spacial score (nSPS) is 11.7. The maximum Gasteiger partial charge on any atom is 0.0682 e. The average molecular weight is 226 g/mol. The van der Waals surface area contributed by atoms with Crippen molar-refractivity contribution in [3.63, 3.8) is 0 Å². The van der Waals surface area contributed by atoms with E-state index in [4.69, 9.17) is 10.8 Å². The molecule has 1 rings (SSSR count). The van der Waals surface area contributed by atoms with Crippen molar-refractivity contribution >= 4 is 17.6 Å². The minimum Gasteiger partial charge on any atom is -0.398 e. The van der Waals surface area contributed by atoms with Gasteiger partial charge in [0.25, 0.3) is 0 Å². The van der Waals surface area contributed by atoms with Crippen molar-refractivity contribution in [2.45, 2.75) is 37.8 Å². The molecule has 3 nitrogen and oxygen atoms in total.